The monoisotopic (exact) mass is 323 g/mol. The highest BCUT2D eigenvalue weighted by Gasteiger charge is 2.34. The molecule has 1 heterocycles. The summed E-state index contributed by atoms with van der Waals surface area (Å²) in [5.74, 6) is -2.79. The van der Waals surface area contributed by atoms with Crippen molar-refractivity contribution in [2.24, 2.45) is 0 Å². The predicted octanol–water partition coefficient (Wildman–Crippen LogP) is 1.47. The van der Waals surface area contributed by atoms with Gasteiger partial charge in [-0.1, -0.05) is 11.8 Å². The fourth-order valence-electron chi connectivity index (χ4n) is 2.29. The molecule has 0 spiro atoms. The minimum atomic E-state index is -1.25. The van der Waals surface area contributed by atoms with Crippen molar-refractivity contribution in [1.82, 2.24) is 0 Å². The Bertz CT molecular complexity index is 671. The van der Waals surface area contributed by atoms with Gasteiger partial charge in [0.2, 0.25) is 5.91 Å². The standard InChI is InChI=1S/C14H13NO6S/c1-7(16)22-9-5-12(17)15(6-9)11-4-8(13(18)19)2-3-10(11)14(20)21/h2-4,9H,5-6H2,1H3,(H,18,19)(H,20,21). The second kappa shape index (κ2) is 6.18. The maximum absolute atomic E-state index is 12.1. The maximum atomic E-state index is 12.1. The van der Waals surface area contributed by atoms with Crippen molar-refractivity contribution in [1.29, 1.82) is 0 Å². The van der Waals surface area contributed by atoms with Crippen LogP contribution in [0.15, 0.2) is 18.2 Å². The molecule has 0 aliphatic carbocycles. The number of hydrogen-bond acceptors (Lipinski definition) is 5. The number of benzene rings is 1. The van der Waals surface area contributed by atoms with Crippen molar-refractivity contribution in [3.63, 3.8) is 0 Å². The topological polar surface area (TPSA) is 112 Å². The second-order valence-corrected chi connectivity index (χ2v) is 6.26. The lowest BCUT2D eigenvalue weighted by atomic mass is 10.1. The highest BCUT2D eigenvalue weighted by atomic mass is 32.2. The van der Waals surface area contributed by atoms with E-state index < -0.39 is 11.9 Å². The van der Waals surface area contributed by atoms with Crippen molar-refractivity contribution < 1.29 is 29.4 Å². The SMILES string of the molecule is CC(=O)SC1CC(=O)N(c2cc(C(=O)O)ccc2C(=O)O)C1. The number of thioether (sulfide) groups is 1. The van der Waals surface area contributed by atoms with Gasteiger partial charge in [-0.05, 0) is 18.2 Å². The van der Waals surface area contributed by atoms with Crippen LogP contribution in [0.1, 0.15) is 34.1 Å². The molecule has 116 valence electrons. The molecule has 1 aliphatic rings. The van der Waals surface area contributed by atoms with Gasteiger partial charge in [0.25, 0.3) is 0 Å². The number of carboxylic acids is 2. The van der Waals surface area contributed by atoms with Crippen LogP contribution in [0.5, 0.6) is 0 Å². The van der Waals surface area contributed by atoms with E-state index in [2.05, 4.69) is 0 Å². The number of carbonyl (C=O) groups excluding carboxylic acids is 2. The summed E-state index contributed by atoms with van der Waals surface area (Å²) in [6.07, 6.45) is 0.112. The van der Waals surface area contributed by atoms with Crippen molar-refractivity contribution in [3.05, 3.63) is 29.3 Å². The fraction of sp³-hybridized carbons (Fsp3) is 0.286. The van der Waals surface area contributed by atoms with Crippen LogP contribution >= 0.6 is 11.8 Å². The minimum Gasteiger partial charge on any atom is -0.478 e. The Morgan fingerprint density at radius 1 is 1.23 bits per heavy atom. The highest BCUT2D eigenvalue weighted by molar-refractivity contribution is 8.14. The Hall–Kier alpha value is -2.35. The van der Waals surface area contributed by atoms with E-state index in [-0.39, 0.29) is 46.1 Å². The summed E-state index contributed by atoms with van der Waals surface area (Å²) >= 11 is 1.02. The van der Waals surface area contributed by atoms with E-state index in [1.54, 1.807) is 0 Å². The number of anilines is 1. The molecule has 1 amide bonds. The summed E-state index contributed by atoms with van der Waals surface area (Å²) in [6.45, 7) is 1.57. The normalized spacial score (nSPS) is 17.6. The van der Waals surface area contributed by atoms with E-state index in [9.17, 15) is 24.3 Å². The third-order valence-corrected chi connectivity index (χ3v) is 4.17. The molecule has 8 heteroatoms. The van der Waals surface area contributed by atoms with E-state index in [4.69, 9.17) is 5.11 Å². The van der Waals surface area contributed by atoms with Crippen LogP contribution in [0.25, 0.3) is 0 Å². The highest BCUT2D eigenvalue weighted by Crippen LogP contribution is 2.31. The van der Waals surface area contributed by atoms with Gasteiger partial charge in [0.1, 0.15) is 0 Å². The largest absolute Gasteiger partial charge is 0.478 e. The van der Waals surface area contributed by atoms with E-state index in [1.807, 2.05) is 0 Å². The predicted molar refractivity (Wildman–Crippen MR) is 79.4 cm³/mol. The van der Waals surface area contributed by atoms with Crippen LogP contribution in [0.4, 0.5) is 5.69 Å². The molecule has 2 rings (SSSR count). The number of nitrogens with zero attached hydrogens (tertiary/aromatic N) is 1. The molecule has 2 N–H and O–H groups in total. The molecule has 22 heavy (non-hydrogen) atoms. The molecule has 1 saturated heterocycles. The molecule has 0 aromatic heterocycles. The summed E-state index contributed by atoms with van der Waals surface area (Å²) < 4.78 is 0. The molecule has 7 nitrogen and oxygen atoms in total. The molecular weight excluding hydrogens is 310 g/mol. The van der Waals surface area contributed by atoms with Crippen LogP contribution < -0.4 is 4.90 Å². The average Bonchev–Trinajstić information content (AvgIpc) is 2.77. The third-order valence-electron chi connectivity index (χ3n) is 3.19. The van der Waals surface area contributed by atoms with Crippen LogP contribution in [0, 0.1) is 0 Å². The minimum absolute atomic E-state index is 0.0454. The van der Waals surface area contributed by atoms with Crippen molar-refractivity contribution in [3.8, 4) is 0 Å². The summed E-state index contributed by atoms with van der Waals surface area (Å²) in [5.41, 5.74) is -0.202. The van der Waals surface area contributed by atoms with E-state index in [0.717, 1.165) is 11.8 Å². The summed E-state index contributed by atoms with van der Waals surface area (Å²) in [5, 5.41) is 17.8. The summed E-state index contributed by atoms with van der Waals surface area (Å²) in [6, 6.07) is 3.52. The van der Waals surface area contributed by atoms with Gasteiger partial charge >= 0.3 is 11.9 Å². The number of hydrogen-bond donors (Lipinski definition) is 2. The van der Waals surface area contributed by atoms with Gasteiger partial charge in [-0.25, -0.2) is 9.59 Å². The number of aromatic carboxylic acids is 2. The fourth-order valence-corrected chi connectivity index (χ4v) is 3.21. The first-order valence-electron chi connectivity index (χ1n) is 6.38. The van der Waals surface area contributed by atoms with Gasteiger partial charge in [-0.3, -0.25) is 9.59 Å². The molecule has 0 bridgehead atoms. The van der Waals surface area contributed by atoms with E-state index in [0.29, 0.717) is 0 Å². The number of carboxylic acid groups (broad SMARTS) is 2. The number of amides is 1. The van der Waals surface area contributed by atoms with Crippen molar-refractivity contribution in [2.75, 3.05) is 11.4 Å². The lowest BCUT2D eigenvalue weighted by Crippen LogP contribution is -2.27. The van der Waals surface area contributed by atoms with Gasteiger partial charge in [-0.15, -0.1) is 0 Å². The lowest BCUT2D eigenvalue weighted by molar-refractivity contribution is -0.117. The second-order valence-electron chi connectivity index (χ2n) is 4.78. The smallest absolute Gasteiger partial charge is 0.337 e. The van der Waals surface area contributed by atoms with Gasteiger partial charge in [-0.2, -0.15) is 0 Å². The van der Waals surface area contributed by atoms with Crippen LogP contribution in [0.2, 0.25) is 0 Å². The summed E-state index contributed by atoms with van der Waals surface area (Å²) in [7, 11) is 0. The Morgan fingerprint density at radius 2 is 1.91 bits per heavy atom. The van der Waals surface area contributed by atoms with Crippen LogP contribution in [-0.4, -0.2) is 45.0 Å². The third kappa shape index (κ3) is 3.28. The van der Waals surface area contributed by atoms with Crippen molar-refractivity contribution in [2.45, 2.75) is 18.6 Å². The first-order valence-corrected chi connectivity index (χ1v) is 7.25. The Kier molecular flexibility index (Phi) is 4.51. The molecule has 1 atom stereocenters. The van der Waals surface area contributed by atoms with Gasteiger partial charge in [0.05, 0.1) is 16.8 Å². The number of rotatable bonds is 4. The number of carbonyl (C=O) groups is 4. The zero-order valence-corrected chi connectivity index (χ0v) is 12.4. The molecule has 0 radical (unpaired) electrons. The average molecular weight is 323 g/mol. The molecule has 0 saturated carbocycles. The Morgan fingerprint density at radius 3 is 2.45 bits per heavy atom. The molecule has 1 aliphatic heterocycles. The van der Waals surface area contributed by atoms with Gasteiger partial charge < -0.3 is 15.1 Å². The van der Waals surface area contributed by atoms with Gasteiger partial charge in [0.15, 0.2) is 5.12 Å². The Labute approximate surface area is 129 Å². The van der Waals surface area contributed by atoms with E-state index >= 15 is 0 Å². The molecule has 1 aromatic carbocycles. The molecule has 1 fully saturated rings. The van der Waals surface area contributed by atoms with Crippen LogP contribution in [-0.2, 0) is 9.59 Å². The molecule has 1 aromatic rings. The first kappa shape index (κ1) is 16.0. The zero-order valence-electron chi connectivity index (χ0n) is 11.6. The van der Waals surface area contributed by atoms with Crippen molar-refractivity contribution >= 4 is 40.4 Å². The lowest BCUT2D eigenvalue weighted by Gasteiger charge is -2.19. The maximum Gasteiger partial charge on any atom is 0.337 e. The van der Waals surface area contributed by atoms with Crippen LogP contribution in [0.3, 0.4) is 0 Å². The first-order chi connectivity index (χ1) is 10.3. The zero-order chi connectivity index (χ0) is 16.4. The van der Waals surface area contributed by atoms with E-state index in [1.165, 1.54) is 30.0 Å². The van der Waals surface area contributed by atoms with Gasteiger partial charge in [0, 0.05) is 25.1 Å². The summed E-state index contributed by atoms with van der Waals surface area (Å²) in [4.78, 5) is 46.8. The Balaban J connectivity index is 2.39. The quantitative estimate of drug-likeness (QED) is 0.862. The molecule has 1 unspecified atom stereocenters. The molecular formula is C14H13NO6S.